The molecular weight excluding hydrogens is 491 g/mol. The zero-order valence-corrected chi connectivity index (χ0v) is 19.3. The number of nitrogens with one attached hydrogen (secondary N) is 1. The van der Waals surface area contributed by atoms with Crippen LogP contribution in [0.4, 0.5) is 15.9 Å². The number of anilines is 2. The van der Waals surface area contributed by atoms with E-state index < -0.39 is 18.0 Å². The van der Waals surface area contributed by atoms with E-state index in [4.69, 9.17) is 17.3 Å². The predicted octanol–water partition coefficient (Wildman–Crippen LogP) is 1.90. The molecule has 12 nitrogen and oxygen atoms in total. The third kappa shape index (κ3) is 3.55. The van der Waals surface area contributed by atoms with Crippen LogP contribution in [0.1, 0.15) is 24.7 Å². The standard InChI is InChI=1S/C22H18ClFN10O2/c23-11-1-3-14(33-10-27-30-31-33)17(7-11)32-9-19(35)34-15(4-5-16(34)22(32)36)21-26-8-13(28-21)12-2-6-18(25)29-20(12)24/h1-3,6-8,10,15-16H,4-5,9H2,(H2,25,29)(H,26,28). The molecule has 0 saturated carbocycles. The summed E-state index contributed by atoms with van der Waals surface area (Å²) >= 11 is 6.22. The zero-order valence-electron chi connectivity index (χ0n) is 18.5. The highest BCUT2D eigenvalue weighted by Crippen LogP contribution is 2.40. The minimum absolute atomic E-state index is 0.0690. The van der Waals surface area contributed by atoms with E-state index in [1.165, 1.54) is 34.2 Å². The molecule has 14 heteroatoms. The first-order valence-electron chi connectivity index (χ1n) is 11.0. The Hall–Kier alpha value is -4.39. The summed E-state index contributed by atoms with van der Waals surface area (Å²) in [4.78, 5) is 41.0. The average Bonchev–Trinajstić information content (AvgIpc) is 3.62. The lowest BCUT2D eigenvalue weighted by Crippen LogP contribution is -2.58. The fourth-order valence-corrected chi connectivity index (χ4v) is 4.98. The lowest BCUT2D eigenvalue weighted by molar-refractivity contribution is -0.143. The van der Waals surface area contributed by atoms with Gasteiger partial charge in [0.1, 0.15) is 30.6 Å². The fourth-order valence-electron chi connectivity index (χ4n) is 4.82. The number of nitrogen functional groups attached to an aromatic ring is 1. The van der Waals surface area contributed by atoms with Gasteiger partial charge in [0.2, 0.25) is 17.8 Å². The Morgan fingerprint density at radius 3 is 2.72 bits per heavy atom. The molecule has 2 saturated heterocycles. The summed E-state index contributed by atoms with van der Waals surface area (Å²) in [5, 5.41) is 11.6. The maximum Gasteiger partial charge on any atom is 0.250 e. The monoisotopic (exact) mass is 508 g/mol. The summed E-state index contributed by atoms with van der Waals surface area (Å²) in [6, 6.07) is 6.82. The summed E-state index contributed by atoms with van der Waals surface area (Å²) < 4.78 is 15.7. The number of carbonyl (C=O) groups is 2. The van der Waals surface area contributed by atoms with Crippen LogP contribution in [0.15, 0.2) is 42.9 Å². The normalized spacial score (nSPS) is 19.7. The summed E-state index contributed by atoms with van der Waals surface area (Å²) in [6.45, 7) is -0.189. The third-order valence-electron chi connectivity index (χ3n) is 6.41. The number of amides is 2. The van der Waals surface area contributed by atoms with Crippen molar-refractivity contribution in [2.45, 2.75) is 24.9 Å². The van der Waals surface area contributed by atoms with Crippen LogP contribution < -0.4 is 10.6 Å². The predicted molar refractivity (Wildman–Crippen MR) is 125 cm³/mol. The highest BCUT2D eigenvalue weighted by atomic mass is 35.5. The van der Waals surface area contributed by atoms with E-state index in [0.29, 0.717) is 40.8 Å². The van der Waals surface area contributed by atoms with E-state index in [9.17, 15) is 14.0 Å². The highest BCUT2D eigenvalue weighted by Gasteiger charge is 2.49. The molecule has 2 aliphatic rings. The molecule has 5 heterocycles. The Kier molecular flexibility index (Phi) is 5.14. The molecule has 36 heavy (non-hydrogen) atoms. The van der Waals surface area contributed by atoms with E-state index >= 15 is 0 Å². The molecule has 0 aliphatic carbocycles. The second-order valence-corrected chi connectivity index (χ2v) is 8.91. The van der Waals surface area contributed by atoms with Crippen LogP contribution >= 0.6 is 11.6 Å². The lowest BCUT2D eigenvalue weighted by atomic mass is 10.1. The molecule has 0 bridgehead atoms. The molecule has 0 radical (unpaired) electrons. The van der Waals surface area contributed by atoms with Crippen molar-refractivity contribution in [3.8, 4) is 16.9 Å². The van der Waals surface area contributed by atoms with Gasteiger partial charge in [-0.2, -0.15) is 9.07 Å². The molecule has 3 N–H and O–H groups in total. The molecule has 2 aliphatic heterocycles. The number of piperazine rings is 1. The molecule has 3 aromatic heterocycles. The number of carbonyl (C=O) groups excluding carboxylic acids is 2. The minimum atomic E-state index is -0.728. The molecule has 4 aromatic rings. The topological polar surface area (TPSA) is 152 Å². The maximum atomic E-state index is 14.3. The summed E-state index contributed by atoms with van der Waals surface area (Å²) in [5.74, 6) is -0.679. The number of rotatable bonds is 4. The Morgan fingerprint density at radius 1 is 1.11 bits per heavy atom. The number of imidazole rings is 1. The average molecular weight is 509 g/mol. The van der Waals surface area contributed by atoms with E-state index in [1.807, 2.05) is 0 Å². The van der Waals surface area contributed by atoms with Crippen LogP contribution in [0, 0.1) is 5.95 Å². The van der Waals surface area contributed by atoms with Crippen LogP contribution in [0.5, 0.6) is 0 Å². The van der Waals surface area contributed by atoms with Crippen molar-refractivity contribution < 1.29 is 14.0 Å². The molecule has 2 amide bonds. The van der Waals surface area contributed by atoms with Crippen LogP contribution in [0.25, 0.3) is 16.9 Å². The second kappa shape index (κ2) is 8.37. The van der Waals surface area contributed by atoms with E-state index in [1.54, 1.807) is 23.1 Å². The Morgan fingerprint density at radius 2 is 1.94 bits per heavy atom. The maximum absolute atomic E-state index is 14.3. The fraction of sp³-hybridized carbons (Fsp3) is 0.227. The van der Waals surface area contributed by atoms with Crippen LogP contribution in [0.2, 0.25) is 5.02 Å². The molecule has 6 rings (SSSR count). The first-order valence-corrected chi connectivity index (χ1v) is 11.4. The van der Waals surface area contributed by atoms with Gasteiger partial charge in [-0.3, -0.25) is 14.5 Å². The molecule has 2 unspecified atom stereocenters. The number of nitrogens with two attached hydrogens (primary N) is 1. The van der Waals surface area contributed by atoms with Gasteiger partial charge in [-0.15, -0.1) is 5.10 Å². The van der Waals surface area contributed by atoms with Gasteiger partial charge in [0.15, 0.2) is 0 Å². The Bertz CT molecular complexity index is 1490. The van der Waals surface area contributed by atoms with Crippen molar-refractivity contribution in [1.82, 2.24) is 40.1 Å². The number of hydrogen-bond acceptors (Lipinski definition) is 8. The van der Waals surface area contributed by atoms with Crippen molar-refractivity contribution >= 4 is 34.9 Å². The van der Waals surface area contributed by atoms with Gasteiger partial charge in [-0.05, 0) is 53.6 Å². The van der Waals surface area contributed by atoms with Crippen molar-refractivity contribution in [2.24, 2.45) is 0 Å². The summed E-state index contributed by atoms with van der Waals surface area (Å²) in [6.07, 6.45) is 3.84. The minimum Gasteiger partial charge on any atom is -0.384 e. The van der Waals surface area contributed by atoms with Crippen LogP contribution in [0.3, 0.4) is 0 Å². The number of halogens is 2. The van der Waals surface area contributed by atoms with Crippen LogP contribution in [-0.4, -0.2) is 64.5 Å². The Balaban J connectivity index is 1.30. The largest absolute Gasteiger partial charge is 0.384 e. The second-order valence-electron chi connectivity index (χ2n) is 8.48. The van der Waals surface area contributed by atoms with Gasteiger partial charge in [0.05, 0.1) is 34.9 Å². The number of nitrogens with zero attached hydrogens (tertiary/aromatic N) is 8. The zero-order chi connectivity index (χ0) is 25.0. The van der Waals surface area contributed by atoms with Gasteiger partial charge in [-0.1, -0.05) is 11.6 Å². The number of tetrazole rings is 1. The van der Waals surface area contributed by atoms with E-state index in [2.05, 4.69) is 30.5 Å². The van der Waals surface area contributed by atoms with Crippen molar-refractivity contribution in [3.63, 3.8) is 0 Å². The molecular formula is C22H18ClFN10O2. The van der Waals surface area contributed by atoms with Gasteiger partial charge < -0.3 is 15.6 Å². The van der Waals surface area contributed by atoms with E-state index in [0.717, 1.165) is 0 Å². The molecule has 1 aromatic carbocycles. The van der Waals surface area contributed by atoms with Crippen molar-refractivity contribution in [3.05, 3.63) is 59.7 Å². The quantitative estimate of drug-likeness (QED) is 0.396. The van der Waals surface area contributed by atoms with Crippen molar-refractivity contribution in [1.29, 1.82) is 0 Å². The molecule has 2 fully saturated rings. The van der Waals surface area contributed by atoms with Gasteiger partial charge >= 0.3 is 0 Å². The number of aromatic amines is 1. The molecule has 2 atom stereocenters. The van der Waals surface area contributed by atoms with E-state index in [-0.39, 0.29) is 29.7 Å². The number of fused-ring (bicyclic) bond motifs is 1. The molecule has 182 valence electrons. The third-order valence-corrected chi connectivity index (χ3v) is 6.65. The van der Waals surface area contributed by atoms with Crippen molar-refractivity contribution in [2.75, 3.05) is 17.2 Å². The number of benzene rings is 1. The number of aromatic nitrogens is 7. The smallest absolute Gasteiger partial charge is 0.250 e. The number of H-pyrrole nitrogens is 1. The summed E-state index contributed by atoms with van der Waals surface area (Å²) in [7, 11) is 0. The SMILES string of the molecule is Nc1ccc(-c2cnc(C3CCC4C(=O)N(c5cc(Cl)ccc5-n5cnnn5)CC(=O)N43)[nH]2)c(F)n1. The number of hydrogen-bond donors (Lipinski definition) is 2. The first kappa shape index (κ1) is 22.1. The van der Waals surface area contributed by atoms with Gasteiger partial charge in [0.25, 0.3) is 0 Å². The highest BCUT2D eigenvalue weighted by molar-refractivity contribution is 6.31. The van der Waals surface area contributed by atoms with Crippen LogP contribution in [-0.2, 0) is 9.59 Å². The lowest BCUT2D eigenvalue weighted by Gasteiger charge is -2.39. The van der Waals surface area contributed by atoms with Gasteiger partial charge in [0, 0.05) is 5.02 Å². The molecule has 0 spiro atoms. The Labute approximate surface area is 207 Å². The van der Waals surface area contributed by atoms with Gasteiger partial charge in [-0.25, -0.2) is 9.97 Å². The summed E-state index contributed by atoms with van der Waals surface area (Å²) in [5.41, 5.74) is 7.10. The number of pyridine rings is 1. The first-order chi connectivity index (χ1) is 17.4.